The molecule has 1 aliphatic carbocycles. The number of aromatic hydroxyl groups is 1. The van der Waals surface area contributed by atoms with Crippen molar-refractivity contribution in [3.8, 4) is 5.75 Å². The zero-order chi connectivity index (χ0) is 11.7. The first kappa shape index (κ1) is 11.2. The van der Waals surface area contributed by atoms with Crippen LogP contribution in [0, 0.1) is 0 Å². The zero-order valence-electron chi connectivity index (χ0n) is 8.61. The quantitative estimate of drug-likeness (QED) is 0.729. The van der Waals surface area contributed by atoms with E-state index in [1.54, 1.807) is 0 Å². The van der Waals surface area contributed by atoms with Gasteiger partial charge in [0.15, 0.2) is 0 Å². The molecule has 86 valence electrons. The van der Waals surface area contributed by atoms with Gasteiger partial charge in [-0.3, -0.25) is 4.79 Å². The smallest absolute Gasteiger partial charge is 0.253 e. The molecule has 0 bridgehead atoms. The van der Waals surface area contributed by atoms with Crippen molar-refractivity contribution in [1.29, 1.82) is 0 Å². The van der Waals surface area contributed by atoms with Crippen molar-refractivity contribution in [1.82, 2.24) is 5.32 Å². The molecule has 0 spiro atoms. The fourth-order valence-corrected chi connectivity index (χ4v) is 1.93. The summed E-state index contributed by atoms with van der Waals surface area (Å²) in [7, 11) is 0. The second-order valence-electron chi connectivity index (χ2n) is 4.07. The lowest BCUT2D eigenvalue weighted by molar-refractivity contribution is 0.0910. The molecule has 16 heavy (non-hydrogen) atoms. The summed E-state index contributed by atoms with van der Waals surface area (Å²) in [6.45, 7) is 0. The number of carbonyl (C=O) groups excluding carboxylic acids is 1. The standard InChI is InChI=1S/C11H13ClN2O2/c12-10-2-1-8(15)5-9(10)11(16)14-7-3-6(13)4-7/h1-2,5-7,15H,3-4,13H2,(H,14,16). The van der Waals surface area contributed by atoms with Crippen molar-refractivity contribution in [2.24, 2.45) is 5.73 Å². The summed E-state index contributed by atoms with van der Waals surface area (Å²) in [6, 6.07) is 4.61. The van der Waals surface area contributed by atoms with E-state index in [0.717, 1.165) is 12.8 Å². The number of carbonyl (C=O) groups is 1. The summed E-state index contributed by atoms with van der Waals surface area (Å²) < 4.78 is 0. The third kappa shape index (κ3) is 2.28. The van der Waals surface area contributed by atoms with Gasteiger partial charge in [-0.15, -0.1) is 0 Å². The van der Waals surface area contributed by atoms with Gasteiger partial charge in [0, 0.05) is 12.1 Å². The van der Waals surface area contributed by atoms with Gasteiger partial charge < -0.3 is 16.2 Å². The lowest BCUT2D eigenvalue weighted by atomic mass is 9.87. The molecule has 0 aliphatic heterocycles. The van der Waals surface area contributed by atoms with Crippen LogP contribution in [0.2, 0.25) is 5.02 Å². The minimum Gasteiger partial charge on any atom is -0.508 e. The van der Waals surface area contributed by atoms with E-state index < -0.39 is 0 Å². The Morgan fingerprint density at radius 3 is 2.81 bits per heavy atom. The number of nitrogens with one attached hydrogen (secondary N) is 1. The number of hydrogen-bond donors (Lipinski definition) is 3. The van der Waals surface area contributed by atoms with Crippen LogP contribution in [0.3, 0.4) is 0 Å². The number of phenols is 1. The Hall–Kier alpha value is -1.26. The molecule has 1 fully saturated rings. The number of nitrogens with two attached hydrogens (primary N) is 1. The maximum atomic E-state index is 11.8. The first-order valence-corrected chi connectivity index (χ1v) is 5.49. The SMILES string of the molecule is NC1CC(NC(=O)c2cc(O)ccc2Cl)C1. The van der Waals surface area contributed by atoms with Crippen LogP contribution < -0.4 is 11.1 Å². The number of hydrogen-bond acceptors (Lipinski definition) is 3. The van der Waals surface area contributed by atoms with Crippen molar-refractivity contribution in [3.05, 3.63) is 28.8 Å². The second-order valence-corrected chi connectivity index (χ2v) is 4.47. The van der Waals surface area contributed by atoms with Crippen LogP contribution in [-0.2, 0) is 0 Å². The number of rotatable bonds is 2. The van der Waals surface area contributed by atoms with Crippen LogP contribution in [0.5, 0.6) is 5.75 Å². The topological polar surface area (TPSA) is 75.3 Å². The summed E-state index contributed by atoms with van der Waals surface area (Å²) in [4.78, 5) is 11.8. The van der Waals surface area contributed by atoms with Gasteiger partial charge in [0.05, 0.1) is 10.6 Å². The number of amides is 1. The normalized spacial score (nSPS) is 23.6. The van der Waals surface area contributed by atoms with Gasteiger partial charge in [0.25, 0.3) is 5.91 Å². The zero-order valence-corrected chi connectivity index (χ0v) is 9.37. The highest BCUT2D eigenvalue weighted by atomic mass is 35.5. The van der Waals surface area contributed by atoms with E-state index in [9.17, 15) is 9.90 Å². The molecule has 1 amide bonds. The van der Waals surface area contributed by atoms with Gasteiger partial charge in [0.2, 0.25) is 0 Å². The molecule has 0 aromatic heterocycles. The highest BCUT2D eigenvalue weighted by molar-refractivity contribution is 6.33. The monoisotopic (exact) mass is 240 g/mol. The summed E-state index contributed by atoms with van der Waals surface area (Å²) >= 11 is 5.87. The molecule has 0 radical (unpaired) electrons. The fraction of sp³-hybridized carbons (Fsp3) is 0.364. The molecule has 2 rings (SSSR count). The predicted molar refractivity (Wildman–Crippen MR) is 61.6 cm³/mol. The number of benzene rings is 1. The molecule has 0 atom stereocenters. The second kappa shape index (κ2) is 4.31. The van der Waals surface area contributed by atoms with E-state index in [0.29, 0.717) is 10.6 Å². The molecule has 1 aromatic carbocycles. The van der Waals surface area contributed by atoms with E-state index >= 15 is 0 Å². The molecule has 1 aromatic rings. The van der Waals surface area contributed by atoms with E-state index in [2.05, 4.69) is 5.32 Å². The Balaban J connectivity index is 2.05. The molecular formula is C11H13ClN2O2. The van der Waals surface area contributed by atoms with Gasteiger partial charge in [-0.1, -0.05) is 11.6 Å². The summed E-state index contributed by atoms with van der Waals surface area (Å²) in [5, 5.41) is 12.4. The predicted octanol–water partition coefficient (Wildman–Crippen LogP) is 1.27. The van der Waals surface area contributed by atoms with Crippen LogP contribution in [0.1, 0.15) is 23.2 Å². The van der Waals surface area contributed by atoms with Crippen LogP contribution in [0.4, 0.5) is 0 Å². The summed E-state index contributed by atoms with van der Waals surface area (Å²) in [5.41, 5.74) is 5.91. The lowest BCUT2D eigenvalue weighted by Crippen LogP contribution is -2.50. The van der Waals surface area contributed by atoms with Crippen LogP contribution in [-0.4, -0.2) is 23.1 Å². The van der Waals surface area contributed by atoms with Crippen LogP contribution in [0.25, 0.3) is 0 Å². The molecule has 0 saturated heterocycles. The van der Waals surface area contributed by atoms with Crippen molar-refractivity contribution in [2.75, 3.05) is 0 Å². The van der Waals surface area contributed by atoms with Gasteiger partial charge in [-0.25, -0.2) is 0 Å². The average Bonchev–Trinajstić information content (AvgIpc) is 2.19. The summed E-state index contributed by atoms with van der Waals surface area (Å²) in [5.74, 6) is -0.238. The molecule has 4 N–H and O–H groups in total. The minimum absolute atomic E-state index is 0.0276. The van der Waals surface area contributed by atoms with Crippen molar-refractivity contribution >= 4 is 17.5 Å². The molecule has 4 nitrogen and oxygen atoms in total. The molecule has 5 heteroatoms. The molecular weight excluding hydrogens is 228 g/mol. The Kier molecular flexibility index (Phi) is 3.03. The van der Waals surface area contributed by atoms with Gasteiger partial charge in [-0.05, 0) is 31.0 Å². The minimum atomic E-state index is -0.266. The van der Waals surface area contributed by atoms with Gasteiger partial charge in [-0.2, -0.15) is 0 Å². The largest absolute Gasteiger partial charge is 0.508 e. The van der Waals surface area contributed by atoms with Crippen LogP contribution >= 0.6 is 11.6 Å². The van der Waals surface area contributed by atoms with Crippen molar-refractivity contribution in [2.45, 2.75) is 24.9 Å². The Morgan fingerprint density at radius 2 is 2.19 bits per heavy atom. The number of phenolic OH excluding ortho intramolecular Hbond substituents is 1. The van der Waals surface area contributed by atoms with E-state index in [1.165, 1.54) is 18.2 Å². The Labute approximate surface area is 98.4 Å². The maximum Gasteiger partial charge on any atom is 0.253 e. The van der Waals surface area contributed by atoms with E-state index in [1.807, 2.05) is 0 Å². The highest BCUT2D eigenvalue weighted by Gasteiger charge is 2.27. The Bertz CT molecular complexity index is 416. The molecule has 0 unspecified atom stereocenters. The maximum absolute atomic E-state index is 11.8. The third-order valence-corrected chi connectivity index (χ3v) is 3.03. The average molecular weight is 241 g/mol. The highest BCUT2D eigenvalue weighted by Crippen LogP contribution is 2.23. The first-order valence-electron chi connectivity index (χ1n) is 5.11. The number of halogens is 1. The summed E-state index contributed by atoms with van der Waals surface area (Å²) in [6.07, 6.45) is 1.59. The van der Waals surface area contributed by atoms with E-state index in [-0.39, 0.29) is 23.7 Å². The van der Waals surface area contributed by atoms with Crippen molar-refractivity contribution < 1.29 is 9.90 Å². The Morgan fingerprint density at radius 1 is 1.50 bits per heavy atom. The molecule has 1 aliphatic rings. The first-order chi connectivity index (χ1) is 7.56. The molecule has 1 saturated carbocycles. The van der Waals surface area contributed by atoms with Crippen molar-refractivity contribution in [3.63, 3.8) is 0 Å². The lowest BCUT2D eigenvalue weighted by Gasteiger charge is -2.33. The molecule has 0 heterocycles. The van der Waals surface area contributed by atoms with E-state index in [4.69, 9.17) is 17.3 Å². The van der Waals surface area contributed by atoms with Crippen LogP contribution in [0.15, 0.2) is 18.2 Å². The third-order valence-electron chi connectivity index (χ3n) is 2.70. The fourth-order valence-electron chi connectivity index (χ4n) is 1.73. The van der Waals surface area contributed by atoms with Gasteiger partial charge >= 0.3 is 0 Å². The van der Waals surface area contributed by atoms with Gasteiger partial charge in [0.1, 0.15) is 5.75 Å².